The molecule has 0 aliphatic carbocycles. The first-order chi connectivity index (χ1) is 21.2. The Hall–Kier alpha value is -2.72. The summed E-state index contributed by atoms with van der Waals surface area (Å²) in [5, 5.41) is 6.82. The Balaban J connectivity index is 0. The molecule has 0 amide bonds. The Bertz CT molecular complexity index is 1210. The van der Waals surface area contributed by atoms with Crippen LogP contribution in [0.1, 0.15) is 143 Å². The highest BCUT2D eigenvalue weighted by molar-refractivity contribution is 6.30. The number of Topliss-reactive ketones (excluding diaryl/α,β-unsaturated/α-hetero) is 1. The van der Waals surface area contributed by atoms with Crippen LogP contribution in [0.25, 0.3) is 16.7 Å². The van der Waals surface area contributed by atoms with Crippen LogP contribution in [0, 0.1) is 18.8 Å². The number of rotatable bonds is 11. The maximum Gasteiger partial charge on any atom is 0.216 e. The second kappa shape index (κ2) is 25.6. The van der Waals surface area contributed by atoms with Gasteiger partial charge in [-0.2, -0.15) is 9.49 Å². The van der Waals surface area contributed by atoms with Gasteiger partial charge in [0.15, 0.2) is 5.78 Å². The number of H-pyrrole nitrogens is 1. The van der Waals surface area contributed by atoms with E-state index in [-0.39, 0.29) is 17.6 Å². The summed E-state index contributed by atoms with van der Waals surface area (Å²) < 4.78 is 14.0. The summed E-state index contributed by atoms with van der Waals surface area (Å²) in [5.41, 5.74) is 6.03. The summed E-state index contributed by atoms with van der Waals surface area (Å²) in [7, 11) is 0. The Labute approximate surface area is 275 Å². The zero-order chi connectivity index (χ0) is 34.2. The van der Waals surface area contributed by atoms with Crippen molar-refractivity contribution in [3.05, 3.63) is 81.9 Å². The molecule has 1 N–H and O–H groups in total. The average Bonchev–Trinajstić information content (AvgIpc) is 3.49. The normalized spacial score (nSPS) is 11.0. The lowest BCUT2D eigenvalue weighted by Crippen LogP contribution is -2.19. The minimum Gasteiger partial charge on any atom is -0.294 e. The molecule has 0 radical (unpaired) electrons. The van der Waals surface area contributed by atoms with Gasteiger partial charge in [0.25, 0.3) is 0 Å². The molecule has 1 unspecified atom stereocenters. The molecule has 0 saturated heterocycles. The quantitative estimate of drug-likeness (QED) is 0.169. The molecule has 3 aromatic rings. The van der Waals surface area contributed by atoms with Gasteiger partial charge >= 0.3 is 0 Å². The number of aromatic amines is 1. The minimum atomic E-state index is -0.460. The lowest BCUT2D eigenvalue weighted by Gasteiger charge is -2.21. The molecular formula is C39H62ClFN2O. The van der Waals surface area contributed by atoms with Crippen molar-refractivity contribution in [1.29, 1.82) is 0 Å². The number of aromatic nitrogens is 2. The molecule has 3 rings (SSSR count). The summed E-state index contributed by atoms with van der Waals surface area (Å²) in [4.78, 5) is 13.7. The molecular weight excluding hydrogens is 567 g/mol. The summed E-state index contributed by atoms with van der Waals surface area (Å²) >= 11 is 6.20. The largest absolute Gasteiger partial charge is 0.294 e. The third-order valence-corrected chi connectivity index (χ3v) is 7.25. The van der Waals surface area contributed by atoms with E-state index in [1.165, 1.54) is 31.9 Å². The Morgan fingerprint density at radius 1 is 0.955 bits per heavy atom. The number of hydrogen-bond donors (Lipinski definition) is 1. The number of allylic oxidation sites excluding steroid dienone is 2. The number of unbranched alkanes of at least 4 members (excludes halogenated alkanes) is 3. The maximum atomic E-state index is 14.0. The topological polar surface area (TPSA) is 45.8 Å². The van der Waals surface area contributed by atoms with Crippen LogP contribution in [-0.4, -0.2) is 16.0 Å². The van der Waals surface area contributed by atoms with E-state index >= 15 is 0 Å². The first kappa shape index (κ1) is 43.4. The molecule has 44 heavy (non-hydrogen) atoms. The van der Waals surface area contributed by atoms with Gasteiger partial charge in [-0.3, -0.25) is 9.89 Å². The second-order valence-electron chi connectivity index (χ2n) is 10.2. The van der Waals surface area contributed by atoms with E-state index < -0.39 is 5.95 Å². The highest BCUT2D eigenvalue weighted by Gasteiger charge is 2.25. The van der Waals surface area contributed by atoms with E-state index in [0.29, 0.717) is 22.6 Å². The lowest BCUT2D eigenvalue weighted by molar-refractivity contribution is -0.117. The van der Waals surface area contributed by atoms with Gasteiger partial charge in [-0.1, -0.05) is 144 Å². The highest BCUT2D eigenvalue weighted by atomic mass is 35.5. The van der Waals surface area contributed by atoms with Crippen LogP contribution in [-0.2, 0) is 11.2 Å². The molecule has 1 atom stereocenters. The molecule has 3 nitrogen and oxygen atoms in total. The molecule has 0 spiro atoms. The highest BCUT2D eigenvalue weighted by Crippen LogP contribution is 2.34. The number of halogens is 2. The zero-order valence-corrected chi connectivity index (χ0v) is 30.9. The summed E-state index contributed by atoms with van der Waals surface area (Å²) in [6.45, 7) is 26.6. The van der Waals surface area contributed by atoms with Gasteiger partial charge in [0.1, 0.15) is 0 Å². The van der Waals surface area contributed by atoms with Crippen LogP contribution in [0.15, 0.2) is 48.7 Å². The molecule has 0 bridgehead atoms. The number of benzene rings is 2. The third-order valence-electron chi connectivity index (χ3n) is 7.02. The summed E-state index contributed by atoms with van der Waals surface area (Å²) in [6.07, 6.45) is 10.3. The van der Waals surface area contributed by atoms with E-state index in [0.717, 1.165) is 34.2 Å². The summed E-state index contributed by atoms with van der Waals surface area (Å²) in [5.74, 6) is -0.321. The molecule has 2 aromatic carbocycles. The Morgan fingerprint density at radius 2 is 1.55 bits per heavy atom. The predicted octanol–water partition coefficient (Wildman–Crippen LogP) is 13.2. The van der Waals surface area contributed by atoms with E-state index in [1.54, 1.807) is 0 Å². The number of hydrogen-bond acceptors (Lipinski definition) is 2. The lowest BCUT2D eigenvalue weighted by atomic mass is 9.82. The minimum absolute atomic E-state index is 0.124. The Morgan fingerprint density at radius 3 is 2.00 bits per heavy atom. The number of nitrogens with one attached hydrogen (secondary N) is 1. The molecule has 248 valence electrons. The average molecular weight is 629 g/mol. The van der Waals surface area contributed by atoms with Gasteiger partial charge in [-0.25, -0.2) is 0 Å². The predicted molar refractivity (Wildman–Crippen MR) is 194 cm³/mol. The molecule has 0 saturated carbocycles. The van der Waals surface area contributed by atoms with E-state index in [2.05, 4.69) is 37.9 Å². The van der Waals surface area contributed by atoms with Crippen molar-refractivity contribution < 1.29 is 9.18 Å². The summed E-state index contributed by atoms with van der Waals surface area (Å²) in [6, 6.07) is 11.6. The van der Waals surface area contributed by atoms with Crippen molar-refractivity contribution >= 4 is 23.0 Å². The number of carbonyl (C=O) groups is 1. The van der Waals surface area contributed by atoms with Crippen LogP contribution >= 0.6 is 11.6 Å². The van der Waals surface area contributed by atoms with Crippen molar-refractivity contribution in [2.75, 3.05) is 0 Å². The van der Waals surface area contributed by atoms with Crippen molar-refractivity contribution in [2.24, 2.45) is 5.92 Å². The molecule has 1 heterocycles. The smallest absolute Gasteiger partial charge is 0.216 e. The van der Waals surface area contributed by atoms with Gasteiger partial charge in [-0.15, -0.1) is 0 Å². The molecule has 0 aliphatic heterocycles. The number of carbonyl (C=O) groups excluding carboxylic acids is 1. The first-order valence-corrected chi connectivity index (χ1v) is 17.3. The standard InChI is InChI=1S/C27H30ClFN2O.C6H14.3C2H6/c1-6-18(12-20-13-21(28)10-8-17(20)5)26(32)22(7-2)23-11-9-19(14-24(23)16(3)4)25-15-30-31-27(25)29;1-3-5-6-4-2;3*1-2/h7-11,13-16,18H,6,12H2,1-5H3,(H,30,31);3-6H2,1-2H3;3*1-2H3/b22-7+;;;;. The third kappa shape index (κ3) is 13.9. The fraction of sp³-hybridized carbons (Fsp3) is 0.538. The van der Waals surface area contributed by atoms with Crippen LogP contribution in [0.5, 0.6) is 0 Å². The van der Waals surface area contributed by atoms with Crippen LogP contribution < -0.4 is 0 Å². The number of nitrogens with zero attached hydrogens (tertiary/aromatic N) is 1. The van der Waals surface area contributed by atoms with E-state index in [9.17, 15) is 9.18 Å². The van der Waals surface area contributed by atoms with Crippen molar-refractivity contribution in [3.8, 4) is 11.1 Å². The Kier molecular flexibility index (Phi) is 25.2. The number of aryl methyl sites for hydroxylation is 1. The van der Waals surface area contributed by atoms with Gasteiger partial charge in [0.2, 0.25) is 5.95 Å². The van der Waals surface area contributed by atoms with Crippen LogP contribution in [0.3, 0.4) is 0 Å². The van der Waals surface area contributed by atoms with Gasteiger partial charge in [0, 0.05) is 16.5 Å². The van der Waals surface area contributed by atoms with E-state index in [4.69, 9.17) is 11.6 Å². The van der Waals surface area contributed by atoms with Gasteiger partial charge < -0.3 is 0 Å². The second-order valence-corrected chi connectivity index (χ2v) is 10.6. The van der Waals surface area contributed by atoms with Crippen LogP contribution in [0.4, 0.5) is 4.39 Å². The van der Waals surface area contributed by atoms with Gasteiger partial charge in [-0.05, 0) is 72.6 Å². The van der Waals surface area contributed by atoms with Crippen molar-refractivity contribution in [1.82, 2.24) is 10.2 Å². The molecule has 5 heteroatoms. The van der Waals surface area contributed by atoms with Gasteiger partial charge in [0.05, 0.1) is 11.8 Å². The van der Waals surface area contributed by atoms with Crippen LogP contribution in [0.2, 0.25) is 5.02 Å². The maximum absolute atomic E-state index is 14.0. The van der Waals surface area contributed by atoms with Crippen molar-refractivity contribution in [3.63, 3.8) is 0 Å². The van der Waals surface area contributed by atoms with E-state index in [1.807, 2.05) is 105 Å². The first-order valence-electron chi connectivity index (χ1n) is 17.0. The molecule has 0 fully saturated rings. The fourth-order valence-corrected chi connectivity index (χ4v) is 4.82. The molecule has 0 aliphatic rings. The monoisotopic (exact) mass is 628 g/mol. The van der Waals surface area contributed by atoms with Crippen molar-refractivity contribution in [2.45, 2.75) is 134 Å². The zero-order valence-electron chi connectivity index (χ0n) is 30.1. The fourth-order valence-electron chi connectivity index (χ4n) is 4.62. The molecule has 1 aromatic heterocycles. The number of ketones is 1. The SMILES string of the molecule is C/C=C(/C(=O)C(CC)Cc1cc(Cl)ccc1C)c1ccc(-c2cn[nH]c2F)cc1C(C)C.CC.CC.CC.CCCCCC.